The lowest BCUT2D eigenvalue weighted by Crippen LogP contribution is -2.44. The Bertz CT molecular complexity index is 1010. The van der Waals surface area contributed by atoms with Crippen LogP contribution in [0.25, 0.3) is 0 Å². The number of carbonyl (C=O) groups excluding carboxylic acids is 2. The van der Waals surface area contributed by atoms with Gasteiger partial charge in [-0.25, -0.2) is 0 Å². The van der Waals surface area contributed by atoms with Crippen LogP contribution in [-0.2, 0) is 11.2 Å². The molecule has 2 atom stereocenters. The number of hydrogen-bond donors (Lipinski definition) is 4. The lowest BCUT2D eigenvalue weighted by atomic mass is 9.75. The van der Waals surface area contributed by atoms with Gasteiger partial charge in [0.05, 0.1) is 6.10 Å². The molecule has 0 spiro atoms. The van der Waals surface area contributed by atoms with Gasteiger partial charge in [0, 0.05) is 16.9 Å². The summed E-state index contributed by atoms with van der Waals surface area (Å²) < 4.78 is 0. The molecule has 174 valence electrons. The highest BCUT2D eigenvalue weighted by molar-refractivity contribution is 6.01. The number of H-pyrrole nitrogens is 1. The Hall–Kier alpha value is -2.60. The van der Waals surface area contributed by atoms with E-state index in [-0.39, 0.29) is 17.2 Å². The average molecular weight is 440 g/mol. The van der Waals surface area contributed by atoms with Crippen molar-refractivity contribution in [2.24, 2.45) is 5.41 Å². The molecule has 1 aromatic carbocycles. The van der Waals surface area contributed by atoms with Gasteiger partial charge in [-0.15, -0.1) is 0 Å². The van der Waals surface area contributed by atoms with Crippen LogP contribution in [0.5, 0.6) is 0 Å². The highest BCUT2D eigenvalue weighted by Crippen LogP contribution is 2.42. The number of aryl methyl sites for hydroxylation is 1. The highest BCUT2D eigenvalue weighted by Gasteiger charge is 2.36. The molecule has 2 aromatic rings. The molecule has 4 N–H and O–H groups in total. The Morgan fingerprint density at radius 1 is 1.22 bits per heavy atom. The number of amides is 2. The summed E-state index contributed by atoms with van der Waals surface area (Å²) in [4.78, 5) is 29.5. The van der Waals surface area contributed by atoms with Crippen molar-refractivity contribution in [2.75, 3.05) is 5.32 Å². The molecule has 32 heavy (non-hydrogen) atoms. The average Bonchev–Trinajstić information content (AvgIpc) is 3.03. The number of aromatic nitrogens is 1. The van der Waals surface area contributed by atoms with Gasteiger partial charge in [0.1, 0.15) is 11.7 Å². The summed E-state index contributed by atoms with van der Waals surface area (Å²) in [5.74, 6) is -0.519. The topological polar surface area (TPSA) is 94.2 Å². The van der Waals surface area contributed by atoms with Crippen LogP contribution in [0.3, 0.4) is 0 Å². The van der Waals surface area contributed by atoms with Gasteiger partial charge in [-0.1, -0.05) is 45.7 Å². The van der Waals surface area contributed by atoms with Crippen LogP contribution < -0.4 is 10.6 Å². The number of benzene rings is 1. The molecule has 1 heterocycles. The highest BCUT2D eigenvalue weighted by atomic mass is 16.3. The maximum Gasteiger partial charge on any atom is 0.268 e. The molecule has 0 bridgehead atoms. The quantitative estimate of drug-likeness (QED) is 0.496. The van der Waals surface area contributed by atoms with Gasteiger partial charge in [-0.3, -0.25) is 9.59 Å². The third-order valence-corrected chi connectivity index (χ3v) is 6.67. The van der Waals surface area contributed by atoms with Gasteiger partial charge in [0.15, 0.2) is 0 Å². The Kier molecular flexibility index (Phi) is 7.13. The zero-order chi connectivity index (χ0) is 23.6. The Labute approximate surface area is 191 Å². The fourth-order valence-corrected chi connectivity index (χ4v) is 4.68. The molecule has 6 heteroatoms. The summed E-state index contributed by atoms with van der Waals surface area (Å²) in [6.07, 6.45) is 3.18. The minimum absolute atomic E-state index is 0.0350. The van der Waals surface area contributed by atoms with Crippen molar-refractivity contribution in [2.45, 2.75) is 85.8 Å². The van der Waals surface area contributed by atoms with E-state index in [9.17, 15) is 14.7 Å². The van der Waals surface area contributed by atoms with E-state index in [1.807, 2.05) is 39.0 Å². The van der Waals surface area contributed by atoms with Crippen molar-refractivity contribution >= 4 is 17.5 Å². The predicted octanol–water partition coefficient (Wildman–Crippen LogP) is 4.87. The number of aliphatic hydroxyl groups is 1. The van der Waals surface area contributed by atoms with Crippen LogP contribution in [0.15, 0.2) is 18.2 Å². The van der Waals surface area contributed by atoms with Crippen molar-refractivity contribution in [1.82, 2.24) is 10.3 Å². The molecular weight excluding hydrogens is 402 g/mol. The van der Waals surface area contributed by atoms with E-state index < -0.39 is 12.1 Å². The molecule has 0 fully saturated rings. The molecule has 0 saturated heterocycles. The van der Waals surface area contributed by atoms with Gasteiger partial charge in [0.2, 0.25) is 5.91 Å². The predicted molar refractivity (Wildman–Crippen MR) is 128 cm³/mol. The molecule has 0 saturated carbocycles. The first-order valence-corrected chi connectivity index (χ1v) is 11.6. The largest absolute Gasteiger partial charge is 0.388 e. The second-order valence-electron chi connectivity index (χ2n) is 9.98. The van der Waals surface area contributed by atoms with E-state index in [2.05, 4.69) is 36.4 Å². The first-order chi connectivity index (χ1) is 15.0. The third-order valence-electron chi connectivity index (χ3n) is 6.67. The van der Waals surface area contributed by atoms with Gasteiger partial charge in [-0.05, 0) is 68.2 Å². The van der Waals surface area contributed by atoms with E-state index in [1.165, 1.54) is 0 Å². The van der Waals surface area contributed by atoms with Crippen molar-refractivity contribution in [1.29, 1.82) is 0 Å². The lowest BCUT2D eigenvalue weighted by Gasteiger charge is -2.33. The fourth-order valence-electron chi connectivity index (χ4n) is 4.68. The number of aromatic amines is 1. The Morgan fingerprint density at radius 3 is 2.62 bits per heavy atom. The normalized spacial score (nSPS) is 18.0. The van der Waals surface area contributed by atoms with Crippen LogP contribution in [-0.4, -0.2) is 27.9 Å². The van der Waals surface area contributed by atoms with Gasteiger partial charge in [-0.2, -0.15) is 0 Å². The standard InChI is InChI=1S/C26H37N3O3/c1-7-8-11-19(24(31)28-18-12-9-10-15(2)16(18)3)29-25(32)23-17(4)22-20(27-23)13-26(5,6)14-21(22)30/h9-10,12,19,21,27,30H,7-8,11,13-14H2,1-6H3,(H,28,31)(H,29,32). The minimum atomic E-state index is -0.636. The molecule has 1 aromatic heterocycles. The Morgan fingerprint density at radius 2 is 1.94 bits per heavy atom. The monoisotopic (exact) mass is 439 g/mol. The fraction of sp³-hybridized carbons (Fsp3) is 0.538. The SMILES string of the molecule is CCCCC(NC(=O)c1[nH]c2c(c1C)C(O)CC(C)(C)C2)C(=O)Nc1cccc(C)c1C. The zero-order valence-corrected chi connectivity index (χ0v) is 20.2. The van der Waals surface area contributed by atoms with Crippen molar-refractivity contribution < 1.29 is 14.7 Å². The number of fused-ring (bicyclic) bond motifs is 1. The number of anilines is 1. The number of aliphatic hydroxyl groups excluding tert-OH is 1. The van der Waals surface area contributed by atoms with Crippen molar-refractivity contribution in [3.05, 3.63) is 51.8 Å². The maximum absolute atomic E-state index is 13.2. The minimum Gasteiger partial charge on any atom is -0.388 e. The summed E-state index contributed by atoms with van der Waals surface area (Å²) in [7, 11) is 0. The number of carbonyl (C=O) groups is 2. The summed E-state index contributed by atoms with van der Waals surface area (Å²) in [5.41, 5.74) is 5.81. The van der Waals surface area contributed by atoms with Crippen LogP contribution in [0.4, 0.5) is 5.69 Å². The van der Waals surface area contributed by atoms with Gasteiger partial charge < -0.3 is 20.7 Å². The van der Waals surface area contributed by atoms with Crippen LogP contribution in [0, 0.1) is 26.2 Å². The summed E-state index contributed by atoms with van der Waals surface area (Å²) in [6, 6.07) is 5.17. The molecule has 1 aliphatic carbocycles. The molecule has 6 nitrogen and oxygen atoms in total. The van der Waals surface area contributed by atoms with Crippen LogP contribution in [0.2, 0.25) is 0 Å². The first kappa shape index (κ1) is 24.1. The molecule has 2 amide bonds. The second-order valence-corrected chi connectivity index (χ2v) is 9.98. The summed E-state index contributed by atoms with van der Waals surface area (Å²) in [6.45, 7) is 12.1. The number of hydrogen-bond acceptors (Lipinski definition) is 3. The first-order valence-electron chi connectivity index (χ1n) is 11.6. The summed E-state index contributed by atoms with van der Waals surface area (Å²) >= 11 is 0. The van der Waals surface area contributed by atoms with Crippen molar-refractivity contribution in [3.63, 3.8) is 0 Å². The van der Waals surface area contributed by atoms with Crippen LogP contribution in [0.1, 0.15) is 91.0 Å². The number of rotatable bonds is 7. The number of nitrogens with one attached hydrogen (secondary N) is 3. The van der Waals surface area contributed by atoms with E-state index in [4.69, 9.17) is 0 Å². The lowest BCUT2D eigenvalue weighted by molar-refractivity contribution is -0.118. The van der Waals surface area contributed by atoms with Gasteiger partial charge >= 0.3 is 0 Å². The van der Waals surface area contributed by atoms with E-state index in [0.29, 0.717) is 18.5 Å². The van der Waals surface area contributed by atoms with Gasteiger partial charge in [0.25, 0.3) is 5.91 Å². The Balaban J connectivity index is 1.81. The molecule has 0 aliphatic heterocycles. The number of unbranched alkanes of at least 4 members (excludes halogenated alkanes) is 1. The van der Waals surface area contributed by atoms with E-state index in [1.54, 1.807) is 0 Å². The second kappa shape index (κ2) is 9.49. The van der Waals surface area contributed by atoms with Crippen LogP contribution >= 0.6 is 0 Å². The van der Waals surface area contributed by atoms with E-state index in [0.717, 1.165) is 52.9 Å². The molecule has 0 radical (unpaired) electrons. The molecular formula is C26H37N3O3. The third kappa shape index (κ3) is 5.07. The molecule has 1 aliphatic rings. The van der Waals surface area contributed by atoms with Crippen molar-refractivity contribution in [3.8, 4) is 0 Å². The molecule has 2 unspecified atom stereocenters. The zero-order valence-electron chi connectivity index (χ0n) is 20.2. The van der Waals surface area contributed by atoms with E-state index >= 15 is 0 Å². The smallest absolute Gasteiger partial charge is 0.268 e. The maximum atomic E-state index is 13.2. The molecule has 3 rings (SSSR count). The summed E-state index contributed by atoms with van der Waals surface area (Å²) in [5, 5.41) is 16.6.